The zero-order valence-corrected chi connectivity index (χ0v) is 14.6. The molecular formula is C20H20ClN3O. The second-order valence-corrected chi connectivity index (χ2v) is 6.97. The normalized spacial score (nSPS) is 17.6. The molecule has 25 heavy (non-hydrogen) atoms. The lowest BCUT2D eigenvalue weighted by Crippen LogP contribution is -2.41. The van der Waals surface area contributed by atoms with Crippen LogP contribution in [-0.2, 0) is 0 Å². The Bertz CT molecular complexity index is 890. The number of anilines is 1. The second kappa shape index (κ2) is 6.81. The lowest BCUT2D eigenvalue weighted by molar-refractivity contribution is 0.192. The number of amides is 2. The molecule has 0 saturated carbocycles. The van der Waals surface area contributed by atoms with Crippen LogP contribution in [0.3, 0.4) is 0 Å². The lowest BCUT2D eigenvalue weighted by Gasteiger charge is -2.32. The largest absolute Gasteiger partial charge is 0.358 e. The quantitative estimate of drug-likeness (QED) is 0.650. The van der Waals surface area contributed by atoms with Gasteiger partial charge in [0, 0.05) is 46.3 Å². The summed E-state index contributed by atoms with van der Waals surface area (Å²) in [5.74, 6) is 0.321. The van der Waals surface area contributed by atoms with Crippen LogP contribution < -0.4 is 5.32 Å². The maximum Gasteiger partial charge on any atom is 0.321 e. The van der Waals surface area contributed by atoms with Crippen LogP contribution in [0.1, 0.15) is 24.5 Å². The number of para-hydroxylation sites is 1. The van der Waals surface area contributed by atoms with Crippen molar-refractivity contribution < 1.29 is 4.79 Å². The van der Waals surface area contributed by atoms with Gasteiger partial charge in [-0.15, -0.1) is 0 Å². The molecule has 1 atom stereocenters. The fraction of sp³-hybridized carbons (Fsp3) is 0.250. The maximum atomic E-state index is 12.5. The number of nitrogens with zero attached hydrogens (tertiary/aromatic N) is 1. The van der Waals surface area contributed by atoms with E-state index < -0.39 is 0 Å². The van der Waals surface area contributed by atoms with Crippen LogP contribution in [0, 0.1) is 0 Å². The van der Waals surface area contributed by atoms with E-state index >= 15 is 0 Å². The number of carbonyl (C=O) groups is 1. The highest BCUT2D eigenvalue weighted by Gasteiger charge is 2.25. The summed E-state index contributed by atoms with van der Waals surface area (Å²) in [6.45, 7) is 1.51. The third kappa shape index (κ3) is 3.49. The molecule has 2 heterocycles. The van der Waals surface area contributed by atoms with E-state index in [1.807, 2.05) is 53.4 Å². The molecule has 5 heteroatoms. The topological polar surface area (TPSA) is 48.1 Å². The molecule has 1 fully saturated rings. The molecule has 2 aromatic carbocycles. The van der Waals surface area contributed by atoms with Crippen molar-refractivity contribution in [1.29, 1.82) is 0 Å². The average Bonchev–Trinajstić information content (AvgIpc) is 3.06. The molecule has 0 bridgehead atoms. The van der Waals surface area contributed by atoms with Gasteiger partial charge in [0.05, 0.1) is 0 Å². The molecular weight excluding hydrogens is 334 g/mol. The Morgan fingerprint density at radius 3 is 2.84 bits per heavy atom. The molecule has 0 spiro atoms. The summed E-state index contributed by atoms with van der Waals surface area (Å²) in [5.41, 5.74) is 3.09. The molecule has 1 aliphatic rings. The molecule has 0 aliphatic carbocycles. The molecule has 1 aliphatic heterocycles. The van der Waals surface area contributed by atoms with E-state index in [9.17, 15) is 4.79 Å². The van der Waals surface area contributed by atoms with Crippen LogP contribution in [0.25, 0.3) is 10.9 Å². The molecule has 128 valence electrons. The highest BCUT2D eigenvalue weighted by Crippen LogP contribution is 2.30. The van der Waals surface area contributed by atoms with Crippen LogP contribution >= 0.6 is 11.6 Å². The minimum Gasteiger partial charge on any atom is -0.358 e. The first kappa shape index (κ1) is 16.0. The van der Waals surface area contributed by atoms with Crippen LogP contribution in [0.4, 0.5) is 10.5 Å². The molecule has 2 N–H and O–H groups in total. The van der Waals surface area contributed by atoms with E-state index in [0.717, 1.165) is 47.5 Å². The van der Waals surface area contributed by atoms with Gasteiger partial charge in [-0.05, 0) is 49.2 Å². The number of likely N-dealkylation sites (tertiary alicyclic amines) is 1. The van der Waals surface area contributed by atoms with Gasteiger partial charge in [-0.2, -0.15) is 0 Å². The SMILES string of the molecule is O=C(Nc1ccccc1)N1CCCC(c2cc3cc(Cl)ccc3[nH]2)C1. The first-order valence-electron chi connectivity index (χ1n) is 8.58. The first-order valence-corrected chi connectivity index (χ1v) is 8.96. The number of piperidine rings is 1. The second-order valence-electron chi connectivity index (χ2n) is 6.54. The van der Waals surface area contributed by atoms with Gasteiger partial charge in [0.25, 0.3) is 0 Å². The molecule has 4 rings (SSSR count). The van der Waals surface area contributed by atoms with E-state index in [1.54, 1.807) is 0 Å². The number of H-pyrrole nitrogens is 1. The van der Waals surface area contributed by atoms with Gasteiger partial charge in [0.1, 0.15) is 0 Å². The highest BCUT2D eigenvalue weighted by molar-refractivity contribution is 6.31. The number of rotatable bonds is 2. The number of benzene rings is 2. The van der Waals surface area contributed by atoms with Crippen LogP contribution in [0.15, 0.2) is 54.6 Å². The van der Waals surface area contributed by atoms with Gasteiger partial charge >= 0.3 is 6.03 Å². The fourth-order valence-corrected chi connectivity index (χ4v) is 3.67. The van der Waals surface area contributed by atoms with E-state index in [-0.39, 0.29) is 6.03 Å². The summed E-state index contributed by atoms with van der Waals surface area (Å²) in [4.78, 5) is 17.9. The van der Waals surface area contributed by atoms with Crippen LogP contribution in [-0.4, -0.2) is 29.0 Å². The Labute approximate surface area is 151 Å². The maximum absolute atomic E-state index is 12.5. The van der Waals surface area contributed by atoms with Crippen molar-refractivity contribution in [2.24, 2.45) is 0 Å². The molecule has 0 radical (unpaired) electrons. The Morgan fingerprint density at radius 2 is 2.00 bits per heavy atom. The number of aromatic amines is 1. The summed E-state index contributed by atoms with van der Waals surface area (Å²) < 4.78 is 0. The summed E-state index contributed by atoms with van der Waals surface area (Å²) in [6, 6.07) is 17.6. The van der Waals surface area contributed by atoms with Crippen molar-refractivity contribution in [3.05, 3.63) is 65.3 Å². The number of carbonyl (C=O) groups excluding carboxylic acids is 1. The molecule has 1 unspecified atom stereocenters. The standard InChI is InChI=1S/C20H20ClN3O/c21-16-8-9-18-15(11-16)12-19(23-18)14-5-4-10-24(13-14)20(25)22-17-6-2-1-3-7-17/h1-3,6-9,11-12,14,23H,4-5,10,13H2,(H,22,25). The smallest absolute Gasteiger partial charge is 0.321 e. The minimum absolute atomic E-state index is 0.0324. The van der Waals surface area contributed by atoms with Gasteiger partial charge < -0.3 is 15.2 Å². The zero-order chi connectivity index (χ0) is 17.2. The van der Waals surface area contributed by atoms with Crippen LogP contribution in [0.2, 0.25) is 5.02 Å². The van der Waals surface area contributed by atoms with Gasteiger partial charge in [-0.25, -0.2) is 4.79 Å². The molecule has 1 aromatic heterocycles. The summed E-state index contributed by atoms with van der Waals surface area (Å²) in [5, 5.41) is 4.84. The Kier molecular flexibility index (Phi) is 4.36. The summed E-state index contributed by atoms with van der Waals surface area (Å²) >= 11 is 6.08. The van der Waals surface area contributed by atoms with Gasteiger partial charge in [-0.3, -0.25) is 0 Å². The van der Waals surface area contributed by atoms with Crippen LogP contribution in [0.5, 0.6) is 0 Å². The monoisotopic (exact) mass is 353 g/mol. The van der Waals surface area contributed by atoms with E-state index in [0.29, 0.717) is 5.92 Å². The van der Waals surface area contributed by atoms with Gasteiger partial charge in [0.2, 0.25) is 0 Å². The van der Waals surface area contributed by atoms with Crippen molar-refractivity contribution in [3.8, 4) is 0 Å². The Balaban J connectivity index is 1.49. The fourth-order valence-electron chi connectivity index (χ4n) is 3.49. The van der Waals surface area contributed by atoms with E-state index in [1.165, 1.54) is 5.69 Å². The number of aromatic nitrogens is 1. The van der Waals surface area contributed by atoms with Crippen molar-refractivity contribution in [2.75, 3.05) is 18.4 Å². The number of hydrogen-bond acceptors (Lipinski definition) is 1. The van der Waals surface area contributed by atoms with Crippen molar-refractivity contribution in [2.45, 2.75) is 18.8 Å². The average molecular weight is 354 g/mol. The predicted octanol–water partition coefficient (Wildman–Crippen LogP) is 5.23. The van der Waals surface area contributed by atoms with E-state index in [2.05, 4.69) is 16.4 Å². The number of nitrogens with one attached hydrogen (secondary N) is 2. The summed E-state index contributed by atoms with van der Waals surface area (Å²) in [6.07, 6.45) is 2.08. The lowest BCUT2D eigenvalue weighted by atomic mass is 9.95. The number of fused-ring (bicyclic) bond motifs is 1. The number of urea groups is 1. The van der Waals surface area contributed by atoms with Gasteiger partial charge in [0.15, 0.2) is 0 Å². The highest BCUT2D eigenvalue weighted by atomic mass is 35.5. The molecule has 4 nitrogen and oxygen atoms in total. The Hall–Kier alpha value is -2.46. The molecule has 3 aromatic rings. The molecule has 2 amide bonds. The number of hydrogen-bond donors (Lipinski definition) is 2. The molecule has 1 saturated heterocycles. The predicted molar refractivity (Wildman–Crippen MR) is 102 cm³/mol. The van der Waals surface area contributed by atoms with E-state index in [4.69, 9.17) is 11.6 Å². The minimum atomic E-state index is -0.0324. The van der Waals surface area contributed by atoms with Crippen molar-refractivity contribution in [1.82, 2.24) is 9.88 Å². The zero-order valence-electron chi connectivity index (χ0n) is 13.8. The number of halogens is 1. The third-order valence-corrected chi connectivity index (χ3v) is 5.01. The van der Waals surface area contributed by atoms with Crippen molar-refractivity contribution >= 4 is 34.2 Å². The Morgan fingerprint density at radius 1 is 1.16 bits per heavy atom. The van der Waals surface area contributed by atoms with Crippen molar-refractivity contribution in [3.63, 3.8) is 0 Å². The first-order chi connectivity index (χ1) is 12.2. The van der Waals surface area contributed by atoms with Gasteiger partial charge in [-0.1, -0.05) is 29.8 Å². The summed E-state index contributed by atoms with van der Waals surface area (Å²) in [7, 11) is 0. The third-order valence-electron chi connectivity index (χ3n) is 4.78.